The molecule has 2 aliphatic heterocycles. The van der Waals surface area contributed by atoms with Crippen molar-refractivity contribution in [3.8, 4) is 0 Å². The van der Waals surface area contributed by atoms with Crippen LogP contribution in [0.15, 0.2) is 66.3 Å². The molecule has 1 aromatic carbocycles. The first-order valence-electron chi connectivity index (χ1n) is 30.0. The number of fused-ring (bicyclic) bond motifs is 2. The number of carboxylic acid groups (broad SMARTS) is 1. The van der Waals surface area contributed by atoms with Crippen LogP contribution in [0.2, 0.25) is 0 Å². The van der Waals surface area contributed by atoms with Crippen LogP contribution in [-0.4, -0.2) is 227 Å². The first-order valence-corrected chi connectivity index (χ1v) is 37.1. The van der Waals surface area contributed by atoms with Crippen LogP contribution in [0, 0.1) is 5.41 Å². The lowest BCUT2D eigenvalue weighted by molar-refractivity contribution is -0.138. The number of benzene rings is 1. The van der Waals surface area contributed by atoms with E-state index in [0.717, 1.165) is 59.0 Å². The van der Waals surface area contributed by atoms with Crippen LogP contribution < -0.4 is 43.6 Å². The Hall–Kier alpha value is -8.31. The fourth-order valence-corrected chi connectivity index (χ4v) is 14.0. The van der Waals surface area contributed by atoms with Crippen LogP contribution in [0.1, 0.15) is 77.8 Å². The molecule has 104 heavy (non-hydrogen) atoms. The number of hydrogen-bond acceptors (Lipinski definition) is 32. The predicted molar refractivity (Wildman–Crippen MR) is 351 cm³/mol. The standard InChI is InChI=1S/C53H68N16O30P4S/c1-53(2,20-95-103(91,92)99-102(89,90)94-19-31-41(98-101(86,87)88)40(76)50(97-31)69-23-62-37-43(54)59-21-60-45(37)69)42(77)48(81)58-14-13-32(70)57-15-16-104-51(82)28(9-12-34(72)73)64-46(79)24-3-6-26(7-4-24)67(17-25-5-8-27-35(63-25)47(80)66-52(56)65-27)33(71)11-10-29-36(44(55)78)61-22-68(29)49-39(75)38(74)30(96-49)18-93-100(83,84)85/h3-8,10-11,21-23,28,30-31,38-42,49-50,74-77H,9,12-20H2,1-2H3,(H2,55,78)(H,57,70)(H,58,81)(H,64,79)(H,72,73)(H,89,90)(H,91,92)(H2,54,59,60)(H2,83,84,85)(H2,86,87,88)(H3,56,65,66,80)/b11-10+. The van der Waals surface area contributed by atoms with E-state index in [1.165, 1.54) is 36.4 Å². The van der Waals surface area contributed by atoms with Gasteiger partial charge in [-0.25, -0.2) is 48.2 Å². The van der Waals surface area contributed by atoms with Gasteiger partial charge in [0, 0.05) is 54.4 Å². The van der Waals surface area contributed by atoms with Crippen molar-refractivity contribution >= 4 is 129 Å². The Kier molecular flexibility index (Phi) is 26.5. The third-order valence-electron chi connectivity index (χ3n) is 15.1. The number of nitrogen functional groups attached to an aromatic ring is 2. The molecule has 51 heteroatoms. The lowest BCUT2D eigenvalue weighted by Crippen LogP contribution is -2.46. The van der Waals surface area contributed by atoms with Gasteiger partial charge in [0.05, 0.1) is 62.0 Å². The lowest BCUT2D eigenvalue weighted by Gasteiger charge is -2.30. The number of carbonyl (C=O) groups excluding carboxylic acids is 6. The Morgan fingerprint density at radius 1 is 0.788 bits per heavy atom. The van der Waals surface area contributed by atoms with Crippen molar-refractivity contribution in [3.63, 3.8) is 0 Å². The number of primary amides is 1. The molecule has 6 aromatic rings. The molecule has 0 saturated carbocycles. The van der Waals surface area contributed by atoms with Gasteiger partial charge in [-0.1, -0.05) is 25.6 Å². The van der Waals surface area contributed by atoms with Gasteiger partial charge in [-0.05, 0) is 48.9 Å². The molecule has 5 aromatic heterocycles. The molecular weight excluding hydrogens is 1500 g/mol. The monoisotopic (exact) mass is 1560 g/mol. The molecule has 566 valence electrons. The number of nitrogens with one attached hydrogen (secondary N) is 4. The number of rotatable bonds is 35. The highest BCUT2D eigenvalue weighted by Gasteiger charge is 2.51. The largest absolute Gasteiger partial charge is 0.481 e. The number of imidazole rings is 2. The topological polar surface area (TPSA) is 712 Å². The van der Waals surface area contributed by atoms with Crippen molar-refractivity contribution in [2.24, 2.45) is 11.1 Å². The van der Waals surface area contributed by atoms with E-state index in [2.05, 4.69) is 64.2 Å². The zero-order chi connectivity index (χ0) is 76.6. The zero-order valence-electron chi connectivity index (χ0n) is 53.8. The minimum absolute atomic E-state index is 0.0219. The molecule has 2 aliphatic rings. The van der Waals surface area contributed by atoms with E-state index in [1.54, 1.807) is 0 Å². The van der Waals surface area contributed by atoms with Gasteiger partial charge in [0.25, 0.3) is 23.3 Å². The molecule has 5 amide bonds. The third-order valence-corrected chi connectivity index (χ3v) is 19.7. The molecular formula is C53H68N16O30P4S. The Balaban J connectivity index is 0.822. The number of phosphoric acid groups is 4. The summed E-state index contributed by atoms with van der Waals surface area (Å²) >= 11 is 0.608. The molecule has 0 bridgehead atoms. The number of aromatic nitrogens is 9. The first kappa shape index (κ1) is 81.4. The maximum Gasteiger partial charge on any atom is 0.481 e. The summed E-state index contributed by atoms with van der Waals surface area (Å²) in [7, 11) is -21.8. The number of aliphatic hydroxyl groups excluding tert-OH is 4. The smallest absolute Gasteiger partial charge is 0.481 e. The average Bonchev–Trinajstić information content (AvgIpc) is 1.52. The van der Waals surface area contributed by atoms with Crippen molar-refractivity contribution in [2.45, 2.75) is 101 Å². The number of hydrogen-bond donors (Lipinski definition) is 18. The van der Waals surface area contributed by atoms with Gasteiger partial charge < -0.3 is 107 Å². The van der Waals surface area contributed by atoms with Crippen LogP contribution in [0.4, 0.5) is 17.5 Å². The Bertz CT molecular complexity index is 4500. The highest BCUT2D eigenvalue weighted by molar-refractivity contribution is 8.13. The van der Waals surface area contributed by atoms with Gasteiger partial charge in [0.2, 0.25) is 22.9 Å². The summed E-state index contributed by atoms with van der Waals surface area (Å²) in [5, 5.41) is 59.4. The number of aromatic amines is 1. The van der Waals surface area contributed by atoms with Crippen molar-refractivity contribution in [1.29, 1.82) is 0 Å². The zero-order valence-corrected chi connectivity index (χ0v) is 58.2. The normalized spacial score (nSPS) is 21.1. The molecule has 2 fully saturated rings. The number of nitrogens with zero attached hydrogens (tertiary/aromatic N) is 9. The molecule has 8 rings (SSSR count). The summed E-state index contributed by atoms with van der Waals surface area (Å²) in [4.78, 5) is 190. The average molecular weight is 1570 g/mol. The van der Waals surface area contributed by atoms with Crippen LogP contribution >= 0.6 is 43.1 Å². The fourth-order valence-electron chi connectivity index (χ4n) is 10.00. The van der Waals surface area contributed by atoms with E-state index in [9.17, 15) is 112 Å². The number of anilines is 3. The number of phosphoric ester groups is 4. The highest BCUT2D eigenvalue weighted by atomic mass is 32.2. The summed E-state index contributed by atoms with van der Waals surface area (Å²) in [6, 6.07) is 6.44. The maximum absolute atomic E-state index is 14.4. The van der Waals surface area contributed by atoms with E-state index < -0.39 is 202 Å². The van der Waals surface area contributed by atoms with Gasteiger partial charge in [-0.2, -0.15) is 4.31 Å². The number of aliphatic hydroxyl groups is 4. The number of aliphatic carboxylic acids is 1. The number of carbonyl (C=O) groups is 7. The summed E-state index contributed by atoms with van der Waals surface area (Å²) in [6.07, 6.45) is -12.5. The number of amides is 5. The molecule has 21 N–H and O–H groups in total. The molecule has 7 heterocycles. The van der Waals surface area contributed by atoms with Gasteiger partial charge in [-0.3, -0.25) is 66.0 Å². The first-order chi connectivity index (χ1) is 48.6. The van der Waals surface area contributed by atoms with Crippen LogP contribution in [0.25, 0.3) is 28.3 Å². The predicted octanol–water partition coefficient (Wildman–Crippen LogP) is -3.19. The molecule has 12 atom stereocenters. The van der Waals surface area contributed by atoms with Gasteiger partial charge >= 0.3 is 37.3 Å². The number of thioether (sulfide) groups is 1. The number of carboxylic acids is 1. The highest BCUT2D eigenvalue weighted by Crippen LogP contribution is 2.61. The Morgan fingerprint density at radius 3 is 2.12 bits per heavy atom. The number of H-pyrrole nitrogens is 1. The van der Waals surface area contributed by atoms with E-state index in [-0.39, 0.29) is 68.9 Å². The Labute approximate surface area is 587 Å². The summed E-state index contributed by atoms with van der Waals surface area (Å²) in [5.74, 6) is -6.49. The second-order valence-corrected chi connectivity index (χ2v) is 29.8. The second-order valence-electron chi connectivity index (χ2n) is 23.2. The maximum atomic E-state index is 14.4. The number of nitrogens with two attached hydrogens (primary N) is 3. The van der Waals surface area contributed by atoms with Crippen LogP contribution in [0.3, 0.4) is 0 Å². The fraction of sp³-hybridized carbons (Fsp3) is 0.434. The van der Waals surface area contributed by atoms with E-state index in [4.69, 9.17) is 35.7 Å². The van der Waals surface area contributed by atoms with Crippen molar-refractivity contribution in [2.75, 3.05) is 55.0 Å². The quantitative estimate of drug-likeness (QED) is 0.0106. The van der Waals surface area contributed by atoms with Crippen molar-refractivity contribution in [1.82, 2.24) is 60.0 Å². The molecule has 0 radical (unpaired) electrons. The minimum atomic E-state index is -5.70. The van der Waals surface area contributed by atoms with Crippen molar-refractivity contribution in [3.05, 3.63) is 94.5 Å². The number of ether oxygens (including phenoxy) is 2. The SMILES string of the molecule is CC(C)(COP(=O)(O)OP(=O)(O)OCC1OC(n2cnc3c(N)ncnc32)C(O)C1OP(=O)(O)O)C(O)C(=O)NCCC(=O)NCCSC(=O)C(CCC(=O)O)NC(=O)c1ccc(N(Cc2ccc3nc(N)[nH]c(=O)c3n2)C(=O)/C=C/c2c(C(N)=O)ncn2C2OC(COP(=O)(O)O)C(O)C2O)cc1. The van der Waals surface area contributed by atoms with Gasteiger partial charge in [-0.15, -0.1) is 0 Å². The number of pyridine rings is 1. The third kappa shape index (κ3) is 21.5. The van der Waals surface area contributed by atoms with Crippen LogP contribution in [0.5, 0.6) is 0 Å². The van der Waals surface area contributed by atoms with Gasteiger partial charge in [0.15, 0.2) is 35.1 Å². The molecule has 12 unspecified atom stereocenters. The molecule has 0 aliphatic carbocycles. The van der Waals surface area contributed by atoms with Crippen molar-refractivity contribution < 1.29 is 139 Å². The van der Waals surface area contributed by atoms with E-state index in [1.807, 2.05) is 0 Å². The molecule has 2 saturated heterocycles. The minimum Gasteiger partial charge on any atom is -0.481 e. The van der Waals surface area contributed by atoms with Gasteiger partial charge in [0.1, 0.15) is 54.6 Å². The van der Waals surface area contributed by atoms with E-state index in [0.29, 0.717) is 11.8 Å². The van der Waals surface area contributed by atoms with E-state index >= 15 is 0 Å². The summed E-state index contributed by atoms with van der Waals surface area (Å²) in [6.45, 7) is -1.80. The molecule has 0 spiro atoms. The second kappa shape index (κ2) is 33.9. The van der Waals surface area contributed by atoms with Crippen LogP contribution in [-0.2, 0) is 80.7 Å². The molecule has 46 nitrogen and oxygen atoms in total. The summed E-state index contributed by atoms with van der Waals surface area (Å²) in [5.41, 5.74) is 13.8. The Morgan fingerprint density at radius 2 is 1.45 bits per heavy atom. The lowest BCUT2D eigenvalue weighted by atomic mass is 9.87. The summed E-state index contributed by atoms with van der Waals surface area (Å²) < 4.78 is 85.2.